The summed E-state index contributed by atoms with van der Waals surface area (Å²) in [4.78, 5) is 27.2. The molecule has 0 radical (unpaired) electrons. The summed E-state index contributed by atoms with van der Waals surface area (Å²) in [6.07, 6.45) is 1.39. The summed E-state index contributed by atoms with van der Waals surface area (Å²) in [7, 11) is 0. The molecule has 0 saturated carbocycles. The van der Waals surface area contributed by atoms with Crippen LogP contribution in [0.2, 0.25) is 5.02 Å². The zero-order chi connectivity index (χ0) is 22.0. The standard InChI is InChI=1S/C25H28ClNO4/c1-25(2)15-19(12-13-31-25)21(17-8-10-20(26)11-9-17)14-23(28)27-22(16-30-24(27)29)18-6-4-3-5-7-18/h3-11,19,21-22H,12-16H2,1-2H3/t19-,21-,22-/m0/s1. The van der Waals surface area contributed by atoms with Gasteiger partial charge in [-0.15, -0.1) is 0 Å². The molecule has 2 amide bonds. The van der Waals surface area contributed by atoms with Gasteiger partial charge in [0.2, 0.25) is 5.91 Å². The molecule has 2 heterocycles. The second kappa shape index (κ2) is 9.01. The highest BCUT2D eigenvalue weighted by atomic mass is 35.5. The average Bonchev–Trinajstić information content (AvgIpc) is 3.14. The van der Waals surface area contributed by atoms with Crippen molar-refractivity contribution in [3.63, 3.8) is 0 Å². The topological polar surface area (TPSA) is 55.8 Å². The SMILES string of the molecule is CC1(C)C[C@@H]([C@@H](CC(=O)N2C(=O)OC[C@H]2c2ccccc2)c2ccc(Cl)cc2)CCO1. The van der Waals surface area contributed by atoms with E-state index in [1.807, 2.05) is 54.6 Å². The zero-order valence-corrected chi connectivity index (χ0v) is 18.7. The molecule has 2 saturated heterocycles. The minimum atomic E-state index is -0.569. The Morgan fingerprint density at radius 2 is 1.87 bits per heavy atom. The van der Waals surface area contributed by atoms with Gasteiger partial charge in [0.15, 0.2) is 0 Å². The third-order valence-electron chi connectivity index (χ3n) is 6.32. The monoisotopic (exact) mass is 441 g/mol. The van der Waals surface area contributed by atoms with Crippen LogP contribution in [0.1, 0.15) is 56.2 Å². The van der Waals surface area contributed by atoms with Gasteiger partial charge in [0.05, 0.1) is 5.60 Å². The van der Waals surface area contributed by atoms with E-state index in [0.717, 1.165) is 24.0 Å². The Labute approximate surface area is 188 Å². The molecule has 2 aromatic carbocycles. The van der Waals surface area contributed by atoms with Crippen molar-refractivity contribution in [1.29, 1.82) is 0 Å². The second-order valence-electron chi connectivity index (χ2n) is 8.99. The number of benzene rings is 2. The molecule has 0 aromatic heterocycles. The number of hydrogen-bond donors (Lipinski definition) is 0. The lowest BCUT2D eigenvalue weighted by molar-refractivity contribution is -0.131. The molecule has 0 aliphatic carbocycles. The minimum Gasteiger partial charge on any atom is -0.446 e. The third-order valence-corrected chi connectivity index (χ3v) is 6.58. The molecule has 31 heavy (non-hydrogen) atoms. The van der Waals surface area contributed by atoms with Crippen LogP contribution in [0.4, 0.5) is 4.79 Å². The number of rotatable bonds is 5. The fraction of sp³-hybridized carbons (Fsp3) is 0.440. The van der Waals surface area contributed by atoms with E-state index in [-0.39, 0.29) is 36.4 Å². The second-order valence-corrected chi connectivity index (χ2v) is 9.43. The molecule has 0 N–H and O–H groups in total. The minimum absolute atomic E-state index is 0.0298. The van der Waals surface area contributed by atoms with E-state index in [0.29, 0.717) is 11.6 Å². The molecule has 3 atom stereocenters. The largest absolute Gasteiger partial charge is 0.446 e. The average molecular weight is 442 g/mol. The van der Waals surface area contributed by atoms with Gasteiger partial charge < -0.3 is 9.47 Å². The number of imide groups is 1. The molecular weight excluding hydrogens is 414 g/mol. The van der Waals surface area contributed by atoms with E-state index in [2.05, 4.69) is 13.8 Å². The van der Waals surface area contributed by atoms with Gasteiger partial charge in [-0.2, -0.15) is 0 Å². The summed E-state index contributed by atoms with van der Waals surface area (Å²) in [5.74, 6) is 0.0287. The van der Waals surface area contributed by atoms with Gasteiger partial charge in [0, 0.05) is 18.1 Å². The van der Waals surface area contributed by atoms with Gasteiger partial charge in [-0.25, -0.2) is 9.69 Å². The lowest BCUT2D eigenvalue weighted by atomic mass is 9.75. The number of hydrogen-bond acceptors (Lipinski definition) is 4. The molecule has 0 spiro atoms. The Hall–Kier alpha value is -2.37. The van der Waals surface area contributed by atoms with Gasteiger partial charge in [0.1, 0.15) is 12.6 Å². The van der Waals surface area contributed by atoms with Crippen molar-refractivity contribution in [1.82, 2.24) is 4.90 Å². The van der Waals surface area contributed by atoms with E-state index in [4.69, 9.17) is 21.1 Å². The number of cyclic esters (lactones) is 1. The number of amides is 2. The molecule has 6 heteroatoms. The number of halogens is 1. The van der Waals surface area contributed by atoms with Crippen molar-refractivity contribution in [3.05, 3.63) is 70.7 Å². The first-order chi connectivity index (χ1) is 14.8. The van der Waals surface area contributed by atoms with Gasteiger partial charge in [-0.1, -0.05) is 54.1 Å². The van der Waals surface area contributed by atoms with Crippen molar-refractivity contribution in [3.8, 4) is 0 Å². The van der Waals surface area contributed by atoms with E-state index >= 15 is 0 Å². The van der Waals surface area contributed by atoms with Crippen molar-refractivity contribution in [2.24, 2.45) is 5.92 Å². The highest BCUT2D eigenvalue weighted by Crippen LogP contribution is 2.41. The lowest BCUT2D eigenvalue weighted by Crippen LogP contribution is -2.39. The van der Waals surface area contributed by atoms with Crippen molar-refractivity contribution < 1.29 is 19.1 Å². The Bertz CT molecular complexity index is 928. The van der Waals surface area contributed by atoms with Gasteiger partial charge in [-0.3, -0.25) is 4.79 Å². The van der Waals surface area contributed by atoms with E-state index in [1.54, 1.807) is 0 Å². The summed E-state index contributed by atoms with van der Waals surface area (Å²) in [5, 5.41) is 0.661. The Morgan fingerprint density at radius 1 is 1.16 bits per heavy atom. The molecule has 4 rings (SSSR count). The zero-order valence-electron chi connectivity index (χ0n) is 17.9. The fourth-order valence-corrected chi connectivity index (χ4v) is 4.92. The predicted octanol–water partition coefficient (Wildman–Crippen LogP) is 5.74. The first-order valence-electron chi connectivity index (χ1n) is 10.8. The van der Waals surface area contributed by atoms with Gasteiger partial charge in [-0.05, 0) is 61.8 Å². The van der Waals surface area contributed by atoms with Crippen LogP contribution < -0.4 is 0 Å². The molecule has 0 bridgehead atoms. The normalized spacial score (nSPS) is 24.0. The number of carbonyl (C=O) groups excluding carboxylic acids is 2. The van der Waals surface area contributed by atoms with Crippen LogP contribution in [0.5, 0.6) is 0 Å². The van der Waals surface area contributed by atoms with Crippen molar-refractivity contribution in [2.45, 2.75) is 50.7 Å². The van der Waals surface area contributed by atoms with Crippen LogP contribution in [0.25, 0.3) is 0 Å². The summed E-state index contributed by atoms with van der Waals surface area (Å²) in [5.41, 5.74) is 1.72. The first kappa shape index (κ1) is 21.8. The van der Waals surface area contributed by atoms with E-state index in [9.17, 15) is 9.59 Å². The number of carbonyl (C=O) groups is 2. The quantitative estimate of drug-likeness (QED) is 0.593. The van der Waals surface area contributed by atoms with Crippen LogP contribution in [-0.4, -0.2) is 35.7 Å². The fourth-order valence-electron chi connectivity index (χ4n) is 4.79. The molecule has 0 unspecified atom stereocenters. The summed E-state index contributed by atoms with van der Waals surface area (Å²) in [6, 6.07) is 16.9. The van der Waals surface area contributed by atoms with Crippen molar-refractivity contribution in [2.75, 3.05) is 13.2 Å². The Morgan fingerprint density at radius 3 is 2.55 bits per heavy atom. The molecular formula is C25H28ClNO4. The van der Waals surface area contributed by atoms with Crippen LogP contribution in [0, 0.1) is 5.92 Å². The van der Waals surface area contributed by atoms with Crippen LogP contribution >= 0.6 is 11.6 Å². The maximum Gasteiger partial charge on any atom is 0.417 e. The van der Waals surface area contributed by atoms with Gasteiger partial charge >= 0.3 is 6.09 Å². The van der Waals surface area contributed by atoms with Gasteiger partial charge in [0.25, 0.3) is 0 Å². The smallest absolute Gasteiger partial charge is 0.417 e. The van der Waals surface area contributed by atoms with E-state index in [1.165, 1.54) is 4.90 Å². The first-order valence-corrected chi connectivity index (χ1v) is 11.1. The summed E-state index contributed by atoms with van der Waals surface area (Å²) in [6.45, 7) is 5.02. The maximum absolute atomic E-state index is 13.5. The number of nitrogens with zero attached hydrogens (tertiary/aromatic N) is 1. The Kier molecular flexibility index (Phi) is 6.35. The van der Waals surface area contributed by atoms with Crippen LogP contribution in [0.3, 0.4) is 0 Å². The summed E-state index contributed by atoms with van der Waals surface area (Å²) < 4.78 is 11.2. The highest BCUT2D eigenvalue weighted by molar-refractivity contribution is 6.30. The molecule has 2 aliphatic heterocycles. The molecule has 5 nitrogen and oxygen atoms in total. The highest BCUT2D eigenvalue weighted by Gasteiger charge is 2.41. The lowest BCUT2D eigenvalue weighted by Gasteiger charge is -2.39. The van der Waals surface area contributed by atoms with Crippen LogP contribution in [-0.2, 0) is 14.3 Å². The molecule has 164 valence electrons. The molecule has 2 fully saturated rings. The number of ether oxygens (including phenoxy) is 2. The van der Waals surface area contributed by atoms with Crippen molar-refractivity contribution >= 4 is 23.6 Å². The maximum atomic E-state index is 13.5. The van der Waals surface area contributed by atoms with Crippen LogP contribution in [0.15, 0.2) is 54.6 Å². The third kappa shape index (κ3) is 4.94. The molecule has 2 aliphatic rings. The summed E-state index contributed by atoms with van der Waals surface area (Å²) >= 11 is 6.11. The van der Waals surface area contributed by atoms with E-state index < -0.39 is 12.1 Å². The predicted molar refractivity (Wildman–Crippen MR) is 119 cm³/mol. The Balaban J connectivity index is 1.60. The molecule has 2 aromatic rings.